The molecule has 19 heavy (non-hydrogen) atoms. The van der Waals surface area contributed by atoms with Crippen LogP contribution in [0.1, 0.15) is 55.6 Å². The Bertz CT molecular complexity index is 512. The Labute approximate surface area is 116 Å². The summed E-state index contributed by atoms with van der Waals surface area (Å²) in [5.41, 5.74) is 2.49. The minimum Gasteiger partial charge on any atom is -0.369 e. The van der Waals surface area contributed by atoms with E-state index in [1.54, 1.807) is 0 Å². The number of ketones is 1. The maximum Gasteiger partial charge on any atom is 0.169 e. The molecule has 1 aliphatic heterocycles. The highest BCUT2D eigenvalue weighted by molar-refractivity contribution is 6.00. The zero-order valence-electron chi connectivity index (χ0n) is 12.8. The number of aryl methyl sites for hydroxylation is 1. The smallest absolute Gasteiger partial charge is 0.169 e. The Balaban J connectivity index is 2.37. The van der Waals surface area contributed by atoms with Crippen LogP contribution in [0.3, 0.4) is 0 Å². The van der Waals surface area contributed by atoms with E-state index in [4.69, 9.17) is 4.74 Å². The molecule has 1 unspecified atom stereocenters. The van der Waals surface area contributed by atoms with Crippen molar-refractivity contribution in [3.8, 4) is 0 Å². The van der Waals surface area contributed by atoms with Gasteiger partial charge in [-0.25, -0.2) is 0 Å². The molecule has 0 aromatic heterocycles. The van der Waals surface area contributed by atoms with Crippen LogP contribution in [0, 0.1) is 19.8 Å². The minimum atomic E-state index is -0.392. The van der Waals surface area contributed by atoms with Crippen molar-refractivity contribution in [3.05, 3.63) is 34.9 Å². The van der Waals surface area contributed by atoms with E-state index in [0.29, 0.717) is 0 Å². The molecule has 0 amide bonds. The predicted molar refractivity (Wildman–Crippen MR) is 77.6 cm³/mol. The lowest BCUT2D eigenvalue weighted by Crippen LogP contribution is -2.34. The van der Waals surface area contributed by atoms with E-state index in [0.717, 1.165) is 17.5 Å². The van der Waals surface area contributed by atoms with Crippen molar-refractivity contribution >= 4 is 5.78 Å². The topological polar surface area (TPSA) is 26.3 Å². The lowest BCUT2D eigenvalue weighted by molar-refractivity contribution is -0.0712. The summed E-state index contributed by atoms with van der Waals surface area (Å²) < 4.78 is 6.04. The Morgan fingerprint density at radius 2 is 1.84 bits per heavy atom. The van der Waals surface area contributed by atoms with Crippen molar-refractivity contribution in [2.24, 2.45) is 5.92 Å². The average molecular weight is 260 g/mol. The van der Waals surface area contributed by atoms with Gasteiger partial charge in [0.25, 0.3) is 0 Å². The number of carbonyl (C=O) groups excluding carboxylic acids is 1. The largest absolute Gasteiger partial charge is 0.369 e. The normalized spacial score (nSPS) is 24.4. The monoisotopic (exact) mass is 260 g/mol. The van der Waals surface area contributed by atoms with Gasteiger partial charge < -0.3 is 4.74 Å². The zero-order valence-corrected chi connectivity index (χ0v) is 12.8. The summed E-state index contributed by atoms with van der Waals surface area (Å²) >= 11 is 0. The van der Waals surface area contributed by atoms with Gasteiger partial charge in [-0.1, -0.05) is 18.2 Å². The van der Waals surface area contributed by atoms with Gasteiger partial charge in [0.1, 0.15) is 0 Å². The van der Waals surface area contributed by atoms with Crippen molar-refractivity contribution in [1.82, 2.24) is 0 Å². The molecule has 2 heteroatoms. The Morgan fingerprint density at radius 1 is 1.21 bits per heavy atom. The first kappa shape index (κ1) is 14.3. The summed E-state index contributed by atoms with van der Waals surface area (Å²) in [6.45, 7) is 12.2. The molecule has 1 saturated heterocycles. The van der Waals surface area contributed by atoms with Crippen LogP contribution in [0.15, 0.2) is 18.2 Å². The number of benzene rings is 1. The second-order valence-electron chi connectivity index (χ2n) is 6.83. The van der Waals surface area contributed by atoms with Crippen molar-refractivity contribution in [3.63, 3.8) is 0 Å². The molecule has 0 radical (unpaired) electrons. The van der Waals surface area contributed by atoms with Crippen molar-refractivity contribution in [2.75, 3.05) is 0 Å². The van der Waals surface area contributed by atoms with Crippen molar-refractivity contribution in [1.29, 1.82) is 0 Å². The van der Waals surface area contributed by atoms with Gasteiger partial charge in [-0.05, 0) is 59.1 Å². The van der Waals surface area contributed by atoms with Crippen molar-refractivity contribution in [2.45, 2.75) is 59.2 Å². The van der Waals surface area contributed by atoms with Crippen LogP contribution in [-0.4, -0.2) is 17.0 Å². The zero-order chi connectivity index (χ0) is 14.4. The third-order valence-corrected chi connectivity index (χ3v) is 4.26. The number of Topliss-reactive ketones (excluding diaryl/α,β-unsaturated/α-hetero) is 1. The molecule has 0 N–H and O–H groups in total. The fourth-order valence-corrected chi connectivity index (χ4v) is 3.18. The molecule has 0 saturated carbocycles. The van der Waals surface area contributed by atoms with Gasteiger partial charge in [0, 0.05) is 5.56 Å². The van der Waals surface area contributed by atoms with Crippen LogP contribution in [0.25, 0.3) is 0 Å². The third-order valence-electron chi connectivity index (χ3n) is 4.26. The van der Waals surface area contributed by atoms with E-state index in [1.807, 2.05) is 45.9 Å². The molecule has 1 fully saturated rings. The van der Waals surface area contributed by atoms with Crippen LogP contribution in [0.4, 0.5) is 0 Å². The van der Waals surface area contributed by atoms with E-state index in [9.17, 15) is 4.79 Å². The van der Waals surface area contributed by atoms with E-state index in [1.165, 1.54) is 5.56 Å². The first-order chi connectivity index (χ1) is 8.64. The fraction of sp³-hybridized carbons (Fsp3) is 0.588. The molecule has 1 aromatic carbocycles. The fourth-order valence-electron chi connectivity index (χ4n) is 3.18. The van der Waals surface area contributed by atoms with Crippen LogP contribution in [-0.2, 0) is 4.74 Å². The molecule has 0 aliphatic carbocycles. The molecule has 1 atom stereocenters. The van der Waals surface area contributed by atoms with Gasteiger partial charge in [0.05, 0.1) is 17.1 Å². The van der Waals surface area contributed by atoms with Gasteiger partial charge in [-0.2, -0.15) is 0 Å². The molecular formula is C17H24O2. The quantitative estimate of drug-likeness (QED) is 0.749. The lowest BCUT2D eigenvalue weighted by Gasteiger charge is -2.27. The van der Waals surface area contributed by atoms with Gasteiger partial charge in [0.2, 0.25) is 0 Å². The van der Waals surface area contributed by atoms with Crippen molar-refractivity contribution < 1.29 is 9.53 Å². The summed E-state index contributed by atoms with van der Waals surface area (Å²) in [4.78, 5) is 12.8. The van der Waals surface area contributed by atoms with Gasteiger partial charge in [-0.15, -0.1) is 0 Å². The highest BCUT2D eigenvalue weighted by Gasteiger charge is 2.49. The SMILES string of the molecule is Cc1cccc(C(=O)C2CC(C)(C)OC2(C)C)c1C. The van der Waals surface area contributed by atoms with Gasteiger partial charge in [-0.3, -0.25) is 4.79 Å². The second-order valence-corrected chi connectivity index (χ2v) is 6.83. The van der Waals surface area contributed by atoms with E-state index in [2.05, 4.69) is 13.8 Å². The van der Waals surface area contributed by atoms with Gasteiger partial charge in [0.15, 0.2) is 5.78 Å². The average Bonchev–Trinajstić information content (AvgIpc) is 2.50. The molecule has 2 rings (SSSR count). The Morgan fingerprint density at radius 3 is 2.37 bits per heavy atom. The first-order valence-corrected chi connectivity index (χ1v) is 6.95. The standard InChI is InChI=1S/C17H24O2/c1-11-8-7-9-13(12(11)2)15(18)14-10-16(3,4)19-17(14,5)6/h7-9,14H,10H2,1-6H3. The van der Waals surface area contributed by atoms with Crippen LogP contribution in [0.5, 0.6) is 0 Å². The number of hydrogen-bond acceptors (Lipinski definition) is 2. The second kappa shape index (κ2) is 4.45. The van der Waals surface area contributed by atoms with Crippen LogP contribution >= 0.6 is 0 Å². The molecule has 1 heterocycles. The summed E-state index contributed by atoms with van der Waals surface area (Å²) in [5, 5.41) is 0. The lowest BCUT2D eigenvalue weighted by atomic mass is 9.80. The molecule has 1 aromatic rings. The highest BCUT2D eigenvalue weighted by Crippen LogP contribution is 2.43. The van der Waals surface area contributed by atoms with Crippen LogP contribution in [0.2, 0.25) is 0 Å². The molecule has 2 nitrogen and oxygen atoms in total. The number of rotatable bonds is 2. The molecule has 104 valence electrons. The Kier molecular flexibility index (Phi) is 3.34. The molecule has 1 aliphatic rings. The van der Waals surface area contributed by atoms with E-state index < -0.39 is 5.60 Å². The maximum absolute atomic E-state index is 12.8. The first-order valence-electron chi connectivity index (χ1n) is 6.95. The number of hydrogen-bond donors (Lipinski definition) is 0. The Hall–Kier alpha value is -1.15. The number of carbonyl (C=O) groups is 1. The summed E-state index contributed by atoms with van der Waals surface area (Å²) in [6, 6.07) is 5.95. The summed E-state index contributed by atoms with van der Waals surface area (Å²) in [5.74, 6) is 0.153. The highest BCUT2D eigenvalue weighted by atomic mass is 16.5. The molecule has 0 bridgehead atoms. The van der Waals surface area contributed by atoms with Crippen LogP contribution < -0.4 is 0 Å². The summed E-state index contributed by atoms with van der Waals surface area (Å²) in [6.07, 6.45) is 0.784. The molecule has 0 spiro atoms. The van der Waals surface area contributed by atoms with Gasteiger partial charge >= 0.3 is 0 Å². The minimum absolute atomic E-state index is 0.0667. The van der Waals surface area contributed by atoms with E-state index >= 15 is 0 Å². The third kappa shape index (κ3) is 2.59. The summed E-state index contributed by atoms with van der Waals surface area (Å²) in [7, 11) is 0. The van der Waals surface area contributed by atoms with E-state index in [-0.39, 0.29) is 17.3 Å². The predicted octanol–water partition coefficient (Wildman–Crippen LogP) is 4.08. The molecular weight excluding hydrogens is 236 g/mol. The maximum atomic E-state index is 12.8. The number of ether oxygens (including phenoxy) is 1.